The lowest BCUT2D eigenvalue weighted by Crippen LogP contribution is -2.53. The van der Waals surface area contributed by atoms with Gasteiger partial charge in [0.05, 0.1) is 12.0 Å². The van der Waals surface area contributed by atoms with Crippen LogP contribution in [0.1, 0.15) is 55.9 Å². The smallest absolute Gasteiger partial charge is 0.408 e. The van der Waals surface area contributed by atoms with E-state index in [1.165, 1.54) is 19.2 Å². The summed E-state index contributed by atoms with van der Waals surface area (Å²) in [4.78, 5) is 41.6. The largest absolute Gasteiger partial charge is 0.508 e. The summed E-state index contributed by atoms with van der Waals surface area (Å²) in [7, 11) is -2.59. The van der Waals surface area contributed by atoms with Gasteiger partial charge in [-0.2, -0.15) is 0 Å². The van der Waals surface area contributed by atoms with Crippen molar-refractivity contribution in [3.8, 4) is 11.5 Å². The number of alkyl carbamates (subject to hydrolysis) is 1. The molecule has 0 fully saturated rings. The monoisotopic (exact) mass is 649 g/mol. The fourth-order valence-corrected chi connectivity index (χ4v) is 5.90. The van der Waals surface area contributed by atoms with E-state index in [2.05, 4.69) is 20.3 Å². The maximum atomic E-state index is 13.2. The topological polar surface area (TPSA) is 219 Å². The molecule has 0 saturated heterocycles. The quantitative estimate of drug-likeness (QED) is 0.106. The van der Waals surface area contributed by atoms with E-state index in [4.69, 9.17) is 15.2 Å². The minimum atomic E-state index is -4.08. The Balaban J connectivity index is 2.08. The predicted octanol–water partition coefficient (Wildman–Crippen LogP) is 2.40. The van der Waals surface area contributed by atoms with Crippen molar-refractivity contribution in [2.75, 3.05) is 13.7 Å². The van der Waals surface area contributed by atoms with Crippen LogP contribution in [0.3, 0.4) is 0 Å². The number of carbonyl (C=O) groups is 3. The molecule has 0 aliphatic carbocycles. The minimum absolute atomic E-state index is 0.00860. The normalized spacial score (nSPS) is 13.4. The number of aliphatic imine (C=N–C) groups is 1. The Hall–Kier alpha value is -4.53. The summed E-state index contributed by atoms with van der Waals surface area (Å²) in [5, 5.41) is 24.2. The Morgan fingerprint density at radius 3 is 2.20 bits per heavy atom. The zero-order valence-corrected chi connectivity index (χ0v) is 27.4. The predicted molar refractivity (Wildman–Crippen MR) is 168 cm³/mol. The molecule has 15 heteroatoms. The maximum Gasteiger partial charge on any atom is 0.408 e. The van der Waals surface area contributed by atoms with Gasteiger partial charge < -0.3 is 36.1 Å². The third-order valence-corrected chi connectivity index (χ3v) is 8.28. The molecule has 0 aliphatic heterocycles. The number of amides is 2. The lowest BCUT2D eigenvalue weighted by Gasteiger charge is -2.24. The molecule has 0 bridgehead atoms. The van der Waals surface area contributed by atoms with Crippen LogP contribution in [0.15, 0.2) is 40.2 Å². The summed E-state index contributed by atoms with van der Waals surface area (Å²) in [6.07, 6.45) is -0.818. The van der Waals surface area contributed by atoms with Gasteiger partial charge in [-0.05, 0) is 94.8 Å². The standard InChI is InChI=1S/C30H43N5O9S/c1-17-15-24(43-7)18(2)19(3)25(17)45(41,42)35-28(31)32-14-8-9-22(27(38)39)33-26(37)23(34-29(40)44-30(4,5)6)16-20-10-12-21(36)13-11-20/h10-13,15,22-23,36H,8-9,14,16H2,1-7H3,(H,33,37)(H,34,40)(H,38,39)(H3,31,32,35)/t22-,23-/m0/s1. The molecule has 2 aromatic carbocycles. The first-order valence-corrected chi connectivity index (χ1v) is 15.6. The number of phenolic OH excluding ortho intramolecular Hbond substituents is 1. The lowest BCUT2D eigenvalue weighted by molar-refractivity contribution is -0.142. The molecule has 0 aromatic heterocycles. The summed E-state index contributed by atoms with van der Waals surface area (Å²) in [5.74, 6) is -1.89. The Morgan fingerprint density at radius 1 is 1.02 bits per heavy atom. The average molecular weight is 650 g/mol. The van der Waals surface area contributed by atoms with Gasteiger partial charge in [-0.25, -0.2) is 22.7 Å². The molecule has 0 aliphatic rings. The van der Waals surface area contributed by atoms with Gasteiger partial charge in [0.25, 0.3) is 10.0 Å². The van der Waals surface area contributed by atoms with Crippen molar-refractivity contribution in [1.82, 2.24) is 15.4 Å². The number of phenols is 1. The zero-order valence-electron chi connectivity index (χ0n) is 26.6. The number of guanidine groups is 1. The molecule has 0 heterocycles. The molecule has 2 amide bonds. The average Bonchev–Trinajstić information content (AvgIpc) is 2.91. The number of nitrogens with zero attached hydrogens (tertiary/aromatic N) is 1. The SMILES string of the molecule is COc1cc(C)c(S(=O)(=O)NC(N)=NCCC[C@H](NC(=O)[C@H](Cc2ccc(O)cc2)NC(=O)OC(C)(C)C)C(=O)O)c(C)c1C. The number of carboxylic acids is 1. The van der Waals surface area contributed by atoms with Crippen LogP contribution in [-0.4, -0.2) is 73.9 Å². The Kier molecular flexibility index (Phi) is 12.6. The first-order valence-electron chi connectivity index (χ1n) is 14.1. The second-order valence-corrected chi connectivity index (χ2v) is 13.1. The number of aryl methyl sites for hydroxylation is 1. The molecule has 0 unspecified atom stereocenters. The fraction of sp³-hybridized carbons (Fsp3) is 0.467. The number of carboxylic acid groups (broad SMARTS) is 1. The number of nitrogens with one attached hydrogen (secondary N) is 3. The van der Waals surface area contributed by atoms with E-state index < -0.39 is 45.7 Å². The van der Waals surface area contributed by atoms with Gasteiger partial charge in [0.2, 0.25) is 11.9 Å². The van der Waals surface area contributed by atoms with E-state index in [9.17, 15) is 33.0 Å². The maximum absolute atomic E-state index is 13.2. The molecule has 2 aromatic rings. The first kappa shape index (κ1) is 36.7. The molecule has 0 saturated carbocycles. The van der Waals surface area contributed by atoms with E-state index in [-0.39, 0.29) is 42.4 Å². The number of rotatable bonds is 13. The van der Waals surface area contributed by atoms with Gasteiger partial charge in [0.1, 0.15) is 29.2 Å². The number of benzene rings is 2. The van der Waals surface area contributed by atoms with Gasteiger partial charge in [-0.3, -0.25) is 9.79 Å². The highest BCUT2D eigenvalue weighted by molar-refractivity contribution is 7.90. The molecule has 45 heavy (non-hydrogen) atoms. The number of nitrogens with two attached hydrogens (primary N) is 1. The number of hydrogen-bond acceptors (Lipinski definition) is 9. The summed E-state index contributed by atoms with van der Waals surface area (Å²) in [6.45, 7) is 9.96. The summed E-state index contributed by atoms with van der Waals surface area (Å²) >= 11 is 0. The molecule has 0 radical (unpaired) electrons. The molecule has 14 nitrogen and oxygen atoms in total. The number of sulfonamides is 1. The third-order valence-electron chi connectivity index (χ3n) is 6.64. The highest BCUT2D eigenvalue weighted by Gasteiger charge is 2.29. The first-order chi connectivity index (χ1) is 20.8. The Morgan fingerprint density at radius 2 is 1.64 bits per heavy atom. The Bertz CT molecular complexity index is 1520. The number of aliphatic carboxylic acids is 1. The van der Waals surface area contributed by atoms with E-state index >= 15 is 0 Å². The van der Waals surface area contributed by atoms with Crippen LogP contribution < -0.4 is 25.8 Å². The van der Waals surface area contributed by atoms with Crippen molar-refractivity contribution in [3.05, 3.63) is 52.6 Å². The molecular formula is C30H43N5O9S. The molecular weight excluding hydrogens is 606 g/mol. The van der Waals surface area contributed by atoms with Crippen molar-refractivity contribution < 1.29 is 42.5 Å². The van der Waals surface area contributed by atoms with Crippen LogP contribution in [0.25, 0.3) is 0 Å². The van der Waals surface area contributed by atoms with Crippen molar-refractivity contribution in [1.29, 1.82) is 0 Å². The van der Waals surface area contributed by atoms with Crippen molar-refractivity contribution >= 4 is 34.0 Å². The van der Waals surface area contributed by atoms with Crippen molar-refractivity contribution in [2.45, 2.75) is 83.4 Å². The van der Waals surface area contributed by atoms with Crippen LogP contribution in [-0.2, 0) is 30.8 Å². The van der Waals surface area contributed by atoms with Crippen molar-refractivity contribution in [2.24, 2.45) is 10.7 Å². The number of methoxy groups -OCH3 is 1. The third kappa shape index (κ3) is 11.2. The van der Waals surface area contributed by atoms with Gasteiger partial charge in [-0.1, -0.05) is 12.1 Å². The van der Waals surface area contributed by atoms with Crippen LogP contribution >= 0.6 is 0 Å². The minimum Gasteiger partial charge on any atom is -0.508 e. The Labute approximate surface area is 263 Å². The fourth-order valence-electron chi connectivity index (χ4n) is 4.42. The van der Waals surface area contributed by atoms with Crippen LogP contribution in [0.5, 0.6) is 11.5 Å². The summed E-state index contributed by atoms with van der Waals surface area (Å²) < 4.78 is 38.9. The number of carbonyl (C=O) groups excluding carboxylic acids is 2. The van der Waals surface area contributed by atoms with Gasteiger partial charge in [0.15, 0.2) is 0 Å². The van der Waals surface area contributed by atoms with Crippen LogP contribution in [0, 0.1) is 20.8 Å². The highest BCUT2D eigenvalue weighted by Crippen LogP contribution is 2.30. The van der Waals surface area contributed by atoms with Crippen LogP contribution in [0.2, 0.25) is 0 Å². The number of aromatic hydroxyl groups is 1. The number of hydrogen-bond donors (Lipinski definition) is 6. The second-order valence-electron chi connectivity index (χ2n) is 11.5. The molecule has 0 spiro atoms. The zero-order chi connectivity index (χ0) is 34.1. The van der Waals surface area contributed by atoms with Crippen LogP contribution in [0.4, 0.5) is 4.79 Å². The van der Waals surface area contributed by atoms with E-state index in [1.54, 1.807) is 59.7 Å². The molecule has 2 atom stereocenters. The highest BCUT2D eigenvalue weighted by atomic mass is 32.2. The van der Waals surface area contributed by atoms with Gasteiger partial charge in [-0.15, -0.1) is 0 Å². The van der Waals surface area contributed by atoms with Gasteiger partial charge in [0, 0.05) is 13.0 Å². The van der Waals surface area contributed by atoms with Crippen molar-refractivity contribution in [3.63, 3.8) is 0 Å². The second kappa shape index (κ2) is 15.5. The lowest BCUT2D eigenvalue weighted by atomic mass is 10.0. The van der Waals surface area contributed by atoms with E-state index in [1.807, 2.05) is 0 Å². The summed E-state index contributed by atoms with van der Waals surface area (Å²) in [6, 6.07) is 5.05. The summed E-state index contributed by atoms with van der Waals surface area (Å²) in [5.41, 5.74) is 7.22. The molecule has 7 N–H and O–H groups in total. The molecule has 248 valence electrons. The number of ether oxygens (including phenoxy) is 2. The van der Waals surface area contributed by atoms with Gasteiger partial charge >= 0.3 is 12.1 Å². The molecule has 2 rings (SSSR count). The van der Waals surface area contributed by atoms with E-state index in [0.717, 1.165) is 0 Å². The van der Waals surface area contributed by atoms with E-state index in [0.29, 0.717) is 28.0 Å².